The van der Waals surface area contributed by atoms with E-state index in [0.29, 0.717) is 0 Å². The lowest BCUT2D eigenvalue weighted by Gasteiger charge is -2.14. The SMILES string of the molecule is CC(C)C#COC[C@H]1O[C@@H](n2ccc(=O)[nH]c2=O)C[C@@H]1O. The minimum Gasteiger partial charge on any atom is -0.444 e. The lowest BCUT2D eigenvalue weighted by atomic mass is 10.2. The van der Waals surface area contributed by atoms with E-state index in [4.69, 9.17) is 9.47 Å². The Morgan fingerprint density at radius 2 is 2.33 bits per heavy atom. The molecule has 0 bridgehead atoms. The fourth-order valence-corrected chi connectivity index (χ4v) is 1.97. The monoisotopic (exact) mass is 294 g/mol. The number of aliphatic hydroxyl groups excluding tert-OH is 1. The molecule has 0 spiro atoms. The Hall–Kier alpha value is -2.04. The number of nitrogens with one attached hydrogen (secondary N) is 1. The van der Waals surface area contributed by atoms with Gasteiger partial charge in [-0.15, -0.1) is 0 Å². The highest BCUT2D eigenvalue weighted by atomic mass is 16.6. The van der Waals surface area contributed by atoms with Gasteiger partial charge in [0.2, 0.25) is 0 Å². The molecule has 3 atom stereocenters. The van der Waals surface area contributed by atoms with Crippen molar-refractivity contribution in [2.24, 2.45) is 5.92 Å². The van der Waals surface area contributed by atoms with Gasteiger partial charge in [0, 0.05) is 24.6 Å². The van der Waals surface area contributed by atoms with Crippen molar-refractivity contribution in [3.63, 3.8) is 0 Å². The molecule has 1 fully saturated rings. The van der Waals surface area contributed by atoms with Crippen LogP contribution in [0.1, 0.15) is 26.5 Å². The molecule has 1 saturated heterocycles. The summed E-state index contributed by atoms with van der Waals surface area (Å²) in [6.07, 6.45) is 2.20. The van der Waals surface area contributed by atoms with Gasteiger partial charge in [0.05, 0.1) is 6.10 Å². The first-order valence-electron chi connectivity index (χ1n) is 6.74. The molecule has 0 saturated carbocycles. The zero-order valence-electron chi connectivity index (χ0n) is 11.9. The van der Waals surface area contributed by atoms with Crippen LogP contribution < -0.4 is 11.2 Å². The average molecular weight is 294 g/mol. The molecular weight excluding hydrogens is 276 g/mol. The highest BCUT2D eigenvalue weighted by Gasteiger charge is 2.35. The summed E-state index contributed by atoms with van der Waals surface area (Å²) in [6.45, 7) is 4.00. The summed E-state index contributed by atoms with van der Waals surface area (Å²) in [5.74, 6) is 3.04. The highest BCUT2D eigenvalue weighted by molar-refractivity contribution is 4.95. The van der Waals surface area contributed by atoms with Gasteiger partial charge >= 0.3 is 5.69 Å². The standard InChI is InChI=1S/C14H18N2O5/c1-9(2)4-6-20-8-11-10(17)7-13(21-11)16-5-3-12(18)15-14(16)19/h3,5,9-11,13,17H,7-8H2,1-2H3,(H,15,18,19)/t10-,11+,13+/m0/s1. The van der Waals surface area contributed by atoms with Gasteiger partial charge in [0.25, 0.3) is 5.56 Å². The number of ether oxygens (including phenoxy) is 2. The molecule has 1 aliphatic rings. The number of hydrogen-bond donors (Lipinski definition) is 2. The van der Waals surface area contributed by atoms with Gasteiger partial charge in [-0.05, 0) is 0 Å². The molecular formula is C14H18N2O5. The molecule has 21 heavy (non-hydrogen) atoms. The lowest BCUT2D eigenvalue weighted by Crippen LogP contribution is -2.31. The zero-order chi connectivity index (χ0) is 15.4. The summed E-state index contributed by atoms with van der Waals surface area (Å²) in [5.41, 5.74) is -1.04. The largest absolute Gasteiger partial charge is 0.444 e. The Morgan fingerprint density at radius 3 is 3.00 bits per heavy atom. The molecule has 114 valence electrons. The zero-order valence-corrected chi connectivity index (χ0v) is 11.9. The van der Waals surface area contributed by atoms with Crippen molar-refractivity contribution in [3.05, 3.63) is 33.1 Å². The highest BCUT2D eigenvalue weighted by Crippen LogP contribution is 2.27. The molecule has 2 N–H and O–H groups in total. The van der Waals surface area contributed by atoms with Crippen LogP contribution in [0.3, 0.4) is 0 Å². The second kappa shape index (κ2) is 6.61. The van der Waals surface area contributed by atoms with Gasteiger partial charge in [-0.2, -0.15) is 0 Å². The Morgan fingerprint density at radius 1 is 1.57 bits per heavy atom. The van der Waals surface area contributed by atoms with Crippen molar-refractivity contribution in [1.82, 2.24) is 9.55 Å². The predicted octanol–water partition coefficient (Wildman–Crippen LogP) is -0.182. The number of aromatic nitrogens is 2. The average Bonchev–Trinajstić information content (AvgIpc) is 2.75. The first-order valence-corrected chi connectivity index (χ1v) is 6.74. The Kier molecular flexibility index (Phi) is 4.83. The van der Waals surface area contributed by atoms with Gasteiger partial charge in [-0.25, -0.2) is 4.79 Å². The molecule has 1 aliphatic heterocycles. The normalized spacial score (nSPS) is 24.7. The number of rotatable bonds is 3. The van der Waals surface area contributed by atoms with Gasteiger partial charge in [0.1, 0.15) is 25.0 Å². The molecule has 2 rings (SSSR count). The summed E-state index contributed by atoms with van der Waals surface area (Å²) in [7, 11) is 0. The number of aromatic amines is 1. The Balaban J connectivity index is 1.99. The van der Waals surface area contributed by atoms with Crippen LogP contribution in [0, 0.1) is 17.9 Å². The van der Waals surface area contributed by atoms with Crippen LogP contribution in [0.2, 0.25) is 0 Å². The second-order valence-electron chi connectivity index (χ2n) is 5.16. The Bertz CT molecular complexity index is 652. The molecule has 2 heterocycles. The summed E-state index contributed by atoms with van der Waals surface area (Å²) < 4.78 is 12.0. The molecule has 1 aromatic rings. The van der Waals surface area contributed by atoms with Crippen LogP contribution in [0.25, 0.3) is 0 Å². The van der Waals surface area contributed by atoms with Crippen molar-refractivity contribution >= 4 is 0 Å². The van der Waals surface area contributed by atoms with Crippen LogP contribution in [0.5, 0.6) is 0 Å². The molecule has 1 aromatic heterocycles. The Labute approximate surface area is 121 Å². The third kappa shape index (κ3) is 3.97. The fraction of sp³-hybridized carbons (Fsp3) is 0.571. The summed E-state index contributed by atoms with van der Waals surface area (Å²) in [6, 6.07) is 1.23. The van der Waals surface area contributed by atoms with E-state index in [2.05, 4.69) is 17.0 Å². The van der Waals surface area contributed by atoms with Gasteiger partial charge in [-0.1, -0.05) is 19.8 Å². The minimum absolute atomic E-state index is 0.121. The van der Waals surface area contributed by atoms with Crippen molar-refractivity contribution in [3.8, 4) is 12.0 Å². The van der Waals surface area contributed by atoms with Crippen LogP contribution in [0.15, 0.2) is 21.9 Å². The van der Waals surface area contributed by atoms with Crippen molar-refractivity contribution in [1.29, 1.82) is 0 Å². The maximum absolute atomic E-state index is 11.7. The maximum atomic E-state index is 11.7. The van der Waals surface area contributed by atoms with Crippen LogP contribution in [-0.4, -0.2) is 33.5 Å². The van der Waals surface area contributed by atoms with E-state index in [0.717, 1.165) is 0 Å². The van der Waals surface area contributed by atoms with E-state index < -0.39 is 29.7 Å². The first-order chi connectivity index (χ1) is 9.97. The molecule has 0 aromatic carbocycles. The fourth-order valence-electron chi connectivity index (χ4n) is 1.97. The third-order valence-electron chi connectivity index (χ3n) is 3.03. The minimum atomic E-state index is -0.755. The summed E-state index contributed by atoms with van der Waals surface area (Å²) >= 11 is 0. The smallest absolute Gasteiger partial charge is 0.330 e. The van der Waals surface area contributed by atoms with Gasteiger partial charge < -0.3 is 14.6 Å². The number of H-pyrrole nitrogens is 1. The quantitative estimate of drug-likeness (QED) is 0.754. The van der Waals surface area contributed by atoms with E-state index in [1.54, 1.807) is 0 Å². The van der Waals surface area contributed by atoms with Crippen LogP contribution in [0.4, 0.5) is 0 Å². The molecule has 0 radical (unpaired) electrons. The third-order valence-corrected chi connectivity index (χ3v) is 3.03. The van der Waals surface area contributed by atoms with E-state index in [1.165, 1.54) is 16.8 Å². The van der Waals surface area contributed by atoms with E-state index in [9.17, 15) is 14.7 Å². The van der Waals surface area contributed by atoms with Crippen molar-refractivity contribution < 1.29 is 14.6 Å². The molecule has 7 heteroatoms. The van der Waals surface area contributed by atoms with E-state index >= 15 is 0 Å². The first kappa shape index (κ1) is 15.4. The number of hydrogen-bond acceptors (Lipinski definition) is 5. The van der Waals surface area contributed by atoms with E-state index in [-0.39, 0.29) is 18.9 Å². The van der Waals surface area contributed by atoms with Crippen LogP contribution >= 0.6 is 0 Å². The topological polar surface area (TPSA) is 93.5 Å². The van der Waals surface area contributed by atoms with Gasteiger partial charge in [-0.3, -0.25) is 14.3 Å². The molecule has 7 nitrogen and oxygen atoms in total. The predicted molar refractivity (Wildman–Crippen MR) is 74.4 cm³/mol. The number of aliphatic hydroxyl groups is 1. The van der Waals surface area contributed by atoms with Crippen LogP contribution in [-0.2, 0) is 9.47 Å². The van der Waals surface area contributed by atoms with E-state index in [1.807, 2.05) is 13.8 Å². The van der Waals surface area contributed by atoms with Crippen molar-refractivity contribution in [2.45, 2.75) is 38.7 Å². The number of nitrogens with zero attached hydrogens (tertiary/aromatic N) is 1. The van der Waals surface area contributed by atoms with Gasteiger partial charge in [0.15, 0.2) is 0 Å². The summed E-state index contributed by atoms with van der Waals surface area (Å²) in [4.78, 5) is 24.8. The lowest BCUT2D eigenvalue weighted by molar-refractivity contribution is -0.0458. The molecule has 0 amide bonds. The second-order valence-corrected chi connectivity index (χ2v) is 5.16. The summed E-state index contributed by atoms with van der Waals surface area (Å²) in [5, 5.41) is 9.93. The molecule has 0 unspecified atom stereocenters. The van der Waals surface area contributed by atoms with Crippen molar-refractivity contribution in [2.75, 3.05) is 6.61 Å². The maximum Gasteiger partial charge on any atom is 0.330 e. The molecule has 0 aliphatic carbocycles.